The average Bonchev–Trinajstić information content (AvgIpc) is 2.15. The summed E-state index contributed by atoms with van der Waals surface area (Å²) in [7, 11) is 0. The molecule has 0 heterocycles. The fourth-order valence-electron chi connectivity index (χ4n) is 0.955. The molecule has 1 N–H and O–H groups in total. The van der Waals surface area contributed by atoms with Crippen LogP contribution >= 0.6 is 0 Å². The highest BCUT2D eigenvalue weighted by molar-refractivity contribution is 5.75. The number of esters is 1. The number of unbranched alkanes of at least 4 members (excludes halogenated alkanes) is 1. The van der Waals surface area contributed by atoms with Gasteiger partial charge in [0.2, 0.25) is 0 Å². The summed E-state index contributed by atoms with van der Waals surface area (Å²) < 4.78 is 5.08. The first-order chi connectivity index (χ1) is 6.88. The number of ether oxygens (including phenoxy) is 1. The van der Waals surface area contributed by atoms with E-state index in [0.29, 0.717) is 13.0 Å². The maximum atomic E-state index is 11.3. The minimum Gasteiger partial charge on any atom is -0.465 e. The quantitative estimate of drug-likeness (QED) is 0.419. The molecule has 0 aromatic carbocycles. The molecule has 0 aliphatic heterocycles. The number of hydrogen-bond acceptors (Lipinski definition) is 3. The van der Waals surface area contributed by atoms with Gasteiger partial charge in [-0.15, -0.1) is 6.58 Å². The van der Waals surface area contributed by atoms with E-state index in [2.05, 4.69) is 6.58 Å². The maximum absolute atomic E-state index is 11.3. The van der Waals surface area contributed by atoms with E-state index >= 15 is 0 Å². The summed E-state index contributed by atoms with van der Waals surface area (Å²) >= 11 is 0. The Morgan fingerprint density at radius 1 is 1.47 bits per heavy atom. The zero-order valence-corrected chi connectivity index (χ0v) is 9.95. The van der Waals surface area contributed by atoms with Gasteiger partial charge in [0, 0.05) is 0 Å². The summed E-state index contributed by atoms with van der Waals surface area (Å²) in [5, 5.41) is 9.17. The smallest absolute Gasteiger partial charge is 0.311 e. The molecule has 0 saturated carbocycles. The molecule has 0 rings (SSSR count). The Morgan fingerprint density at radius 2 is 2.07 bits per heavy atom. The molecule has 1 atom stereocenters. The maximum Gasteiger partial charge on any atom is 0.311 e. The van der Waals surface area contributed by atoms with E-state index in [0.717, 1.165) is 12.8 Å². The lowest BCUT2D eigenvalue weighted by atomic mass is 9.97. The van der Waals surface area contributed by atoms with E-state index < -0.39 is 11.5 Å². The van der Waals surface area contributed by atoms with Crippen LogP contribution in [-0.2, 0) is 9.53 Å². The molecule has 0 aromatic heterocycles. The van der Waals surface area contributed by atoms with E-state index in [9.17, 15) is 4.79 Å². The molecule has 3 heteroatoms. The lowest BCUT2D eigenvalue weighted by molar-refractivity contribution is -0.153. The zero-order chi connectivity index (χ0) is 11.9. The Balaban J connectivity index is 3.47. The SMILES string of the molecule is C=C[C@H](O)CCCCOC(=O)C(C)(C)C. The van der Waals surface area contributed by atoms with Gasteiger partial charge >= 0.3 is 5.97 Å². The number of rotatable bonds is 6. The zero-order valence-electron chi connectivity index (χ0n) is 9.95. The fourth-order valence-corrected chi connectivity index (χ4v) is 0.955. The van der Waals surface area contributed by atoms with Crippen molar-refractivity contribution in [3.05, 3.63) is 12.7 Å². The van der Waals surface area contributed by atoms with Gasteiger partial charge in [-0.2, -0.15) is 0 Å². The molecule has 0 bridgehead atoms. The van der Waals surface area contributed by atoms with Crippen molar-refractivity contribution in [1.29, 1.82) is 0 Å². The summed E-state index contributed by atoms with van der Waals surface area (Å²) in [5.74, 6) is -0.174. The van der Waals surface area contributed by atoms with Crippen LogP contribution in [-0.4, -0.2) is 23.8 Å². The molecule has 0 fully saturated rings. The van der Waals surface area contributed by atoms with E-state index in [1.807, 2.05) is 20.8 Å². The molecule has 0 aromatic rings. The molecule has 0 unspecified atom stereocenters. The molecule has 3 nitrogen and oxygen atoms in total. The van der Waals surface area contributed by atoms with Crippen LogP contribution in [0.1, 0.15) is 40.0 Å². The van der Waals surface area contributed by atoms with Crippen LogP contribution in [0.15, 0.2) is 12.7 Å². The topological polar surface area (TPSA) is 46.5 Å². The van der Waals surface area contributed by atoms with Crippen molar-refractivity contribution in [1.82, 2.24) is 0 Å². The molecule has 0 aliphatic carbocycles. The van der Waals surface area contributed by atoms with Crippen molar-refractivity contribution in [3.63, 3.8) is 0 Å². The van der Waals surface area contributed by atoms with E-state index in [1.165, 1.54) is 6.08 Å². The molecular weight excluding hydrogens is 192 g/mol. The van der Waals surface area contributed by atoms with Crippen molar-refractivity contribution in [3.8, 4) is 0 Å². The van der Waals surface area contributed by atoms with Crippen LogP contribution in [0.2, 0.25) is 0 Å². The van der Waals surface area contributed by atoms with Crippen molar-refractivity contribution in [2.45, 2.75) is 46.1 Å². The molecule has 0 spiro atoms. The predicted molar refractivity (Wildman–Crippen MR) is 60.5 cm³/mol. The molecule has 0 aliphatic rings. The first-order valence-corrected chi connectivity index (χ1v) is 5.35. The normalized spacial score (nSPS) is 13.3. The summed E-state index contributed by atoms with van der Waals surface area (Å²) in [5.41, 5.74) is -0.430. The number of aliphatic hydroxyl groups excluding tert-OH is 1. The molecule has 15 heavy (non-hydrogen) atoms. The standard InChI is InChI=1S/C12H22O3/c1-5-10(13)8-6-7-9-15-11(14)12(2,3)4/h5,10,13H,1,6-9H2,2-4H3/t10-/m0/s1. The summed E-state index contributed by atoms with van der Waals surface area (Å²) in [6, 6.07) is 0. The van der Waals surface area contributed by atoms with Crippen LogP contribution in [0, 0.1) is 5.41 Å². The summed E-state index contributed by atoms with van der Waals surface area (Å²) in [6.07, 6.45) is 3.37. The van der Waals surface area contributed by atoms with Crippen LogP contribution in [0.5, 0.6) is 0 Å². The van der Waals surface area contributed by atoms with Crippen LogP contribution in [0.25, 0.3) is 0 Å². The average molecular weight is 214 g/mol. The Hall–Kier alpha value is -0.830. The largest absolute Gasteiger partial charge is 0.465 e. The molecule has 88 valence electrons. The van der Waals surface area contributed by atoms with Gasteiger partial charge in [-0.25, -0.2) is 0 Å². The Morgan fingerprint density at radius 3 is 2.53 bits per heavy atom. The van der Waals surface area contributed by atoms with Crippen molar-refractivity contribution in [2.24, 2.45) is 5.41 Å². The number of carbonyl (C=O) groups is 1. The molecular formula is C12H22O3. The third-order valence-corrected chi connectivity index (χ3v) is 2.01. The summed E-state index contributed by atoms with van der Waals surface area (Å²) in [4.78, 5) is 11.3. The number of hydrogen-bond donors (Lipinski definition) is 1. The second-order valence-electron chi connectivity index (χ2n) is 4.68. The third-order valence-electron chi connectivity index (χ3n) is 2.01. The highest BCUT2D eigenvalue weighted by Crippen LogP contribution is 2.15. The highest BCUT2D eigenvalue weighted by atomic mass is 16.5. The fraction of sp³-hybridized carbons (Fsp3) is 0.750. The molecule has 0 saturated heterocycles. The molecule has 0 radical (unpaired) electrons. The van der Waals surface area contributed by atoms with Gasteiger partial charge in [0.15, 0.2) is 0 Å². The lowest BCUT2D eigenvalue weighted by Crippen LogP contribution is -2.23. The number of aliphatic hydroxyl groups is 1. The van der Waals surface area contributed by atoms with E-state index in [1.54, 1.807) is 0 Å². The van der Waals surface area contributed by atoms with Gasteiger partial charge in [0.1, 0.15) is 0 Å². The van der Waals surface area contributed by atoms with Gasteiger partial charge < -0.3 is 9.84 Å². The first-order valence-electron chi connectivity index (χ1n) is 5.35. The van der Waals surface area contributed by atoms with Crippen molar-refractivity contribution in [2.75, 3.05) is 6.61 Å². The Kier molecular flexibility index (Phi) is 6.25. The second-order valence-corrected chi connectivity index (χ2v) is 4.68. The minimum atomic E-state index is -0.441. The highest BCUT2D eigenvalue weighted by Gasteiger charge is 2.22. The second kappa shape index (κ2) is 6.62. The van der Waals surface area contributed by atoms with Gasteiger partial charge in [0.05, 0.1) is 18.1 Å². The van der Waals surface area contributed by atoms with E-state index in [-0.39, 0.29) is 5.97 Å². The van der Waals surface area contributed by atoms with Gasteiger partial charge in [-0.1, -0.05) is 6.08 Å². The van der Waals surface area contributed by atoms with Gasteiger partial charge in [-0.05, 0) is 40.0 Å². The monoisotopic (exact) mass is 214 g/mol. The lowest BCUT2D eigenvalue weighted by Gasteiger charge is -2.16. The Bertz CT molecular complexity index is 203. The van der Waals surface area contributed by atoms with Crippen LogP contribution in [0.4, 0.5) is 0 Å². The van der Waals surface area contributed by atoms with E-state index in [4.69, 9.17) is 9.84 Å². The third kappa shape index (κ3) is 7.14. The minimum absolute atomic E-state index is 0.174. The van der Waals surface area contributed by atoms with Gasteiger partial charge in [-0.3, -0.25) is 4.79 Å². The Labute approximate surface area is 92.1 Å². The van der Waals surface area contributed by atoms with Gasteiger partial charge in [0.25, 0.3) is 0 Å². The van der Waals surface area contributed by atoms with Crippen molar-refractivity contribution < 1.29 is 14.6 Å². The van der Waals surface area contributed by atoms with Crippen molar-refractivity contribution >= 4 is 5.97 Å². The predicted octanol–water partition coefficient (Wildman–Crippen LogP) is 2.29. The number of carbonyl (C=O) groups excluding carboxylic acids is 1. The van der Waals surface area contributed by atoms with Crippen LogP contribution in [0.3, 0.4) is 0 Å². The first kappa shape index (κ1) is 14.2. The molecule has 0 amide bonds. The van der Waals surface area contributed by atoms with Crippen LogP contribution < -0.4 is 0 Å². The summed E-state index contributed by atoms with van der Waals surface area (Å²) in [6.45, 7) is 9.41.